The smallest absolute Gasteiger partial charge is 0.136 e. The molecule has 0 spiro atoms. The van der Waals surface area contributed by atoms with Crippen molar-refractivity contribution in [3.05, 3.63) is 60.2 Å². The van der Waals surface area contributed by atoms with Crippen molar-refractivity contribution in [1.29, 1.82) is 0 Å². The van der Waals surface area contributed by atoms with Gasteiger partial charge in [-0.25, -0.2) is 0 Å². The maximum Gasteiger partial charge on any atom is 0.136 e. The lowest BCUT2D eigenvalue weighted by Crippen LogP contribution is -2.58. The van der Waals surface area contributed by atoms with Gasteiger partial charge in [0.15, 0.2) is 0 Å². The summed E-state index contributed by atoms with van der Waals surface area (Å²) in [6, 6.07) is 16.9. The van der Waals surface area contributed by atoms with Crippen molar-refractivity contribution in [3.8, 4) is 5.75 Å². The first kappa shape index (κ1) is 20.1. The van der Waals surface area contributed by atoms with Gasteiger partial charge in [0, 0.05) is 4.90 Å². The number of aliphatic hydroxyl groups is 3. The van der Waals surface area contributed by atoms with Crippen molar-refractivity contribution in [3.63, 3.8) is 0 Å². The Morgan fingerprint density at radius 1 is 1.00 bits per heavy atom. The molecule has 7 heteroatoms. The second-order valence-electron chi connectivity index (χ2n) is 6.26. The molecule has 0 aliphatic carbocycles. The van der Waals surface area contributed by atoms with Crippen LogP contribution in [0.3, 0.4) is 0 Å². The average Bonchev–Trinajstić information content (AvgIpc) is 2.71. The molecule has 0 radical (unpaired) electrons. The van der Waals surface area contributed by atoms with Crippen molar-refractivity contribution in [2.45, 2.75) is 41.4 Å². The molecule has 0 saturated carbocycles. The lowest BCUT2D eigenvalue weighted by Gasteiger charge is -2.41. The van der Waals surface area contributed by atoms with Crippen LogP contribution in [-0.4, -0.2) is 58.9 Å². The summed E-state index contributed by atoms with van der Waals surface area (Å²) in [6.07, 6.45) is -3.88. The molecule has 6 nitrogen and oxygen atoms in total. The highest BCUT2D eigenvalue weighted by Gasteiger charge is 2.45. The Labute approximate surface area is 162 Å². The molecule has 1 aliphatic rings. The van der Waals surface area contributed by atoms with E-state index >= 15 is 0 Å². The highest BCUT2D eigenvalue weighted by Crippen LogP contribution is 2.34. The second-order valence-corrected chi connectivity index (χ2v) is 7.43. The Kier molecular flexibility index (Phi) is 7.12. The van der Waals surface area contributed by atoms with E-state index in [0.29, 0.717) is 0 Å². The minimum absolute atomic E-state index is 0.212. The number of aliphatic hydroxyl groups excluding tert-OH is 3. The van der Waals surface area contributed by atoms with E-state index in [4.69, 9.17) is 14.2 Å². The van der Waals surface area contributed by atoms with Crippen molar-refractivity contribution in [2.24, 2.45) is 0 Å². The van der Waals surface area contributed by atoms with Crippen LogP contribution in [0.15, 0.2) is 59.5 Å². The standard InChI is InChI=1S/C20H24O6S/c1-24-14-9-7-13(8-10-14)12-25-19-17(22)16(11-21)26-20(18(19)23)27-15-5-3-2-4-6-15/h2-10,16-23H,11-12H2,1H3/t16-,17-,18+,19+,20-/m1/s1. The second kappa shape index (κ2) is 9.54. The molecule has 2 aromatic carbocycles. The minimum atomic E-state index is -1.13. The summed E-state index contributed by atoms with van der Waals surface area (Å²) >= 11 is 1.33. The van der Waals surface area contributed by atoms with E-state index in [1.807, 2.05) is 54.6 Å². The van der Waals surface area contributed by atoms with Gasteiger partial charge in [0.2, 0.25) is 0 Å². The van der Waals surface area contributed by atoms with Gasteiger partial charge in [0.1, 0.15) is 35.6 Å². The first-order valence-corrected chi connectivity index (χ1v) is 9.59. The maximum absolute atomic E-state index is 10.7. The number of ether oxygens (including phenoxy) is 3. The van der Waals surface area contributed by atoms with Crippen LogP contribution in [0.4, 0.5) is 0 Å². The van der Waals surface area contributed by atoms with Crippen LogP contribution in [0.2, 0.25) is 0 Å². The molecule has 1 saturated heterocycles. The SMILES string of the molecule is COc1ccc(CO[C@@H]2[C@H](O)[C@@H](Sc3ccccc3)O[C@H](CO)[C@H]2O)cc1. The van der Waals surface area contributed by atoms with Gasteiger partial charge in [0.05, 0.1) is 20.3 Å². The third-order valence-electron chi connectivity index (χ3n) is 4.42. The Bertz CT molecular complexity index is 695. The number of hydrogen-bond donors (Lipinski definition) is 3. The normalized spacial score (nSPS) is 28.1. The fraction of sp³-hybridized carbons (Fsp3) is 0.400. The lowest BCUT2D eigenvalue weighted by molar-refractivity contribution is -0.223. The van der Waals surface area contributed by atoms with Gasteiger partial charge >= 0.3 is 0 Å². The van der Waals surface area contributed by atoms with Crippen LogP contribution >= 0.6 is 11.8 Å². The molecule has 146 valence electrons. The largest absolute Gasteiger partial charge is 0.497 e. The molecule has 0 amide bonds. The first-order chi connectivity index (χ1) is 13.1. The summed E-state index contributed by atoms with van der Waals surface area (Å²) in [5.41, 5.74) is 0.225. The molecule has 3 rings (SSSR count). The van der Waals surface area contributed by atoms with E-state index in [0.717, 1.165) is 16.2 Å². The number of hydrogen-bond acceptors (Lipinski definition) is 7. The molecule has 0 aromatic heterocycles. The Morgan fingerprint density at radius 3 is 2.33 bits per heavy atom. The van der Waals surface area contributed by atoms with Crippen LogP contribution in [0.1, 0.15) is 5.56 Å². The zero-order valence-corrected chi connectivity index (χ0v) is 15.8. The number of benzene rings is 2. The third-order valence-corrected chi connectivity index (χ3v) is 5.59. The van der Waals surface area contributed by atoms with Crippen molar-refractivity contribution >= 4 is 11.8 Å². The van der Waals surface area contributed by atoms with Gasteiger partial charge < -0.3 is 29.5 Å². The summed E-state index contributed by atoms with van der Waals surface area (Å²) in [4.78, 5) is 0.920. The van der Waals surface area contributed by atoms with E-state index in [9.17, 15) is 15.3 Å². The van der Waals surface area contributed by atoms with Crippen LogP contribution in [0.25, 0.3) is 0 Å². The highest BCUT2D eigenvalue weighted by molar-refractivity contribution is 7.99. The fourth-order valence-electron chi connectivity index (χ4n) is 2.89. The molecule has 1 aliphatic heterocycles. The molecular formula is C20H24O6S. The van der Waals surface area contributed by atoms with E-state index in [1.165, 1.54) is 11.8 Å². The molecular weight excluding hydrogens is 368 g/mol. The lowest BCUT2D eigenvalue weighted by atomic mass is 10.00. The molecule has 3 N–H and O–H groups in total. The first-order valence-electron chi connectivity index (χ1n) is 8.71. The van der Waals surface area contributed by atoms with Gasteiger partial charge in [-0.1, -0.05) is 42.1 Å². The predicted octanol–water partition coefficient (Wildman–Crippen LogP) is 1.81. The van der Waals surface area contributed by atoms with Gasteiger partial charge in [-0.2, -0.15) is 0 Å². The number of methoxy groups -OCH3 is 1. The van der Waals surface area contributed by atoms with Crippen LogP contribution in [0.5, 0.6) is 5.75 Å². The summed E-state index contributed by atoms with van der Waals surface area (Å²) in [7, 11) is 1.60. The Morgan fingerprint density at radius 2 is 1.70 bits per heavy atom. The zero-order chi connectivity index (χ0) is 19.2. The quantitative estimate of drug-likeness (QED) is 0.662. The van der Waals surface area contributed by atoms with Crippen LogP contribution < -0.4 is 4.74 Å². The van der Waals surface area contributed by atoms with Crippen molar-refractivity contribution in [1.82, 2.24) is 0 Å². The molecule has 0 unspecified atom stereocenters. The number of thioether (sulfide) groups is 1. The molecule has 1 fully saturated rings. The number of rotatable bonds is 7. The van der Waals surface area contributed by atoms with Crippen LogP contribution in [-0.2, 0) is 16.1 Å². The summed E-state index contributed by atoms with van der Waals surface area (Å²) in [6.45, 7) is -0.147. The highest BCUT2D eigenvalue weighted by atomic mass is 32.2. The molecule has 2 aromatic rings. The van der Waals surface area contributed by atoms with E-state index in [-0.39, 0.29) is 13.2 Å². The minimum Gasteiger partial charge on any atom is -0.497 e. The summed E-state index contributed by atoms with van der Waals surface area (Å²) in [5, 5.41) is 30.7. The maximum atomic E-state index is 10.7. The van der Waals surface area contributed by atoms with E-state index in [2.05, 4.69) is 0 Å². The Balaban J connectivity index is 1.68. The Hall–Kier alpha value is -1.61. The molecule has 5 atom stereocenters. The topological polar surface area (TPSA) is 88.4 Å². The van der Waals surface area contributed by atoms with Gasteiger partial charge in [-0.3, -0.25) is 0 Å². The molecule has 0 bridgehead atoms. The predicted molar refractivity (Wildman–Crippen MR) is 102 cm³/mol. The third kappa shape index (κ3) is 5.01. The van der Waals surface area contributed by atoms with Gasteiger partial charge in [0.25, 0.3) is 0 Å². The summed E-state index contributed by atoms with van der Waals surface area (Å²) < 4.78 is 16.6. The van der Waals surface area contributed by atoms with Gasteiger partial charge in [-0.15, -0.1) is 0 Å². The van der Waals surface area contributed by atoms with Crippen molar-refractivity contribution < 1.29 is 29.5 Å². The average molecular weight is 392 g/mol. The van der Waals surface area contributed by atoms with Gasteiger partial charge in [-0.05, 0) is 29.8 Å². The van der Waals surface area contributed by atoms with E-state index < -0.39 is 29.9 Å². The zero-order valence-electron chi connectivity index (χ0n) is 15.0. The summed E-state index contributed by atoms with van der Waals surface area (Å²) in [5.74, 6) is 0.740. The molecule has 27 heavy (non-hydrogen) atoms. The van der Waals surface area contributed by atoms with Crippen LogP contribution in [0, 0.1) is 0 Å². The van der Waals surface area contributed by atoms with E-state index in [1.54, 1.807) is 7.11 Å². The molecule has 1 heterocycles. The van der Waals surface area contributed by atoms with Crippen molar-refractivity contribution in [2.75, 3.05) is 13.7 Å². The fourth-order valence-corrected chi connectivity index (χ4v) is 3.97. The monoisotopic (exact) mass is 392 g/mol.